The maximum absolute atomic E-state index is 5.70. The van der Waals surface area contributed by atoms with Crippen molar-refractivity contribution in [3.05, 3.63) is 0 Å². The van der Waals surface area contributed by atoms with Crippen molar-refractivity contribution in [2.45, 2.75) is 65.5 Å². The highest BCUT2D eigenvalue weighted by Crippen LogP contribution is 2.25. The molecule has 0 amide bonds. The average Bonchev–Trinajstić information content (AvgIpc) is 2.21. The minimum Gasteiger partial charge on any atom is -0.346 e. The van der Waals surface area contributed by atoms with Crippen LogP contribution in [0.5, 0.6) is 0 Å². The Morgan fingerprint density at radius 3 is 2.25 bits per heavy atom. The molecule has 0 N–H and O–H groups in total. The predicted molar refractivity (Wildman–Crippen MR) is 73.7 cm³/mol. The molecule has 0 saturated heterocycles. The molecule has 94 valence electrons. The summed E-state index contributed by atoms with van der Waals surface area (Å²) < 4.78 is 8.08. The number of terminal acetylenes is 1. The van der Waals surface area contributed by atoms with Gasteiger partial charge in [0, 0.05) is 18.5 Å². The Morgan fingerprint density at radius 2 is 1.75 bits per heavy atom. The highest BCUT2D eigenvalue weighted by molar-refractivity contribution is 7.29. The fourth-order valence-electron chi connectivity index (χ4n) is 1.51. The van der Waals surface area contributed by atoms with Crippen LogP contribution in [0.4, 0.5) is 0 Å². The van der Waals surface area contributed by atoms with Gasteiger partial charge in [-0.25, -0.2) is 0 Å². The maximum Gasteiger partial charge on any atom is 0.0893 e. The highest BCUT2D eigenvalue weighted by atomic mass is 31.1. The van der Waals surface area contributed by atoms with Crippen molar-refractivity contribution in [3.63, 3.8) is 0 Å². The molecule has 0 rings (SSSR count). The quantitative estimate of drug-likeness (QED) is 0.347. The Morgan fingerprint density at radius 1 is 1.12 bits per heavy atom. The summed E-state index contributed by atoms with van der Waals surface area (Å²) in [6.07, 6.45) is 9.51. The van der Waals surface area contributed by atoms with E-state index in [4.69, 9.17) is 10.9 Å². The van der Waals surface area contributed by atoms with E-state index in [-0.39, 0.29) is 0 Å². The van der Waals surface area contributed by atoms with E-state index in [1.54, 1.807) is 0 Å². The van der Waals surface area contributed by atoms with Gasteiger partial charge in [-0.3, -0.25) is 4.67 Å². The first-order valence-corrected chi connectivity index (χ1v) is 7.04. The average molecular weight is 243 g/mol. The minimum atomic E-state index is 0.489. The van der Waals surface area contributed by atoms with Gasteiger partial charge < -0.3 is 4.52 Å². The molecule has 2 nitrogen and oxygen atoms in total. The lowest BCUT2D eigenvalue weighted by Gasteiger charge is -2.29. The molecule has 0 heterocycles. The molecular formula is C13H26NOP. The number of nitrogens with zero attached hydrogens (tertiary/aromatic N) is 1. The molecule has 0 aromatic carbocycles. The molecule has 16 heavy (non-hydrogen) atoms. The van der Waals surface area contributed by atoms with E-state index in [1.165, 1.54) is 6.42 Å². The van der Waals surface area contributed by atoms with Gasteiger partial charge in [-0.05, 0) is 40.5 Å². The van der Waals surface area contributed by atoms with Crippen LogP contribution in [0, 0.1) is 12.3 Å². The fraction of sp³-hybridized carbons (Fsp3) is 0.846. The van der Waals surface area contributed by atoms with Gasteiger partial charge in [0.2, 0.25) is 0 Å². The van der Waals surface area contributed by atoms with Crippen LogP contribution >= 0.6 is 8.96 Å². The number of hydrogen-bond acceptors (Lipinski definition) is 2. The summed E-state index contributed by atoms with van der Waals surface area (Å²) in [6.45, 7) is 9.71. The third-order valence-corrected chi connectivity index (χ3v) is 3.93. The summed E-state index contributed by atoms with van der Waals surface area (Å²) >= 11 is 0. The highest BCUT2D eigenvalue weighted by Gasteiger charge is 2.12. The first-order valence-electron chi connectivity index (χ1n) is 6.18. The number of rotatable bonds is 9. The summed E-state index contributed by atoms with van der Waals surface area (Å²) in [5, 5.41) is 0. The lowest BCUT2D eigenvalue weighted by atomic mass is 10.2. The van der Waals surface area contributed by atoms with Crippen molar-refractivity contribution >= 4 is 8.96 Å². The van der Waals surface area contributed by atoms with Crippen molar-refractivity contribution in [1.29, 1.82) is 0 Å². The van der Waals surface area contributed by atoms with E-state index < -0.39 is 0 Å². The third-order valence-electron chi connectivity index (χ3n) is 2.35. The summed E-state index contributed by atoms with van der Waals surface area (Å²) in [6, 6.07) is 1.11. The van der Waals surface area contributed by atoms with E-state index in [0.29, 0.717) is 21.0 Å². The molecule has 1 unspecified atom stereocenters. The van der Waals surface area contributed by atoms with Gasteiger partial charge in [0.05, 0.1) is 15.6 Å². The molecular weight excluding hydrogens is 217 g/mol. The standard InChI is InChI=1S/C13H26NOP/c1-6-7-8-9-10-11-15-16-14(12(2)3)13(4)5/h1,12-13,16H,7-11H2,2-5H3. The maximum atomic E-state index is 5.70. The van der Waals surface area contributed by atoms with Crippen LogP contribution in [-0.4, -0.2) is 23.4 Å². The fourth-order valence-corrected chi connectivity index (χ4v) is 2.31. The lowest BCUT2D eigenvalue weighted by Crippen LogP contribution is -2.29. The van der Waals surface area contributed by atoms with Gasteiger partial charge in [0.15, 0.2) is 0 Å². The molecule has 0 radical (unpaired) electrons. The van der Waals surface area contributed by atoms with Crippen LogP contribution in [0.2, 0.25) is 0 Å². The largest absolute Gasteiger partial charge is 0.346 e. The molecule has 0 aromatic heterocycles. The van der Waals surface area contributed by atoms with E-state index in [1.807, 2.05) is 0 Å². The molecule has 0 saturated carbocycles. The Kier molecular flexibility index (Phi) is 10.0. The van der Waals surface area contributed by atoms with Crippen molar-refractivity contribution in [2.24, 2.45) is 0 Å². The molecule has 0 aliphatic heterocycles. The Labute approximate surface area is 103 Å². The first kappa shape index (κ1) is 15.9. The van der Waals surface area contributed by atoms with Crippen LogP contribution in [0.3, 0.4) is 0 Å². The van der Waals surface area contributed by atoms with Crippen LogP contribution in [-0.2, 0) is 4.52 Å². The molecule has 0 spiro atoms. The van der Waals surface area contributed by atoms with Crippen LogP contribution < -0.4 is 0 Å². The second-order valence-electron chi connectivity index (χ2n) is 4.55. The molecule has 1 atom stereocenters. The Balaban J connectivity index is 3.45. The smallest absolute Gasteiger partial charge is 0.0893 e. The van der Waals surface area contributed by atoms with Gasteiger partial charge in [-0.15, -0.1) is 12.3 Å². The molecule has 0 fully saturated rings. The molecule has 0 aliphatic carbocycles. The van der Waals surface area contributed by atoms with Crippen LogP contribution in [0.1, 0.15) is 53.4 Å². The molecule has 0 bridgehead atoms. The van der Waals surface area contributed by atoms with Gasteiger partial charge >= 0.3 is 0 Å². The second kappa shape index (κ2) is 10.1. The van der Waals surface area contributed by atoms with Gasteiger partial charge in [-0.1, -0.05) is 6.42 Å². The molecule has 3 heteroatoms. The van der Waals surface area contributed by atoms with Crippen molar-refractivity contribution in [2.75, 3.05) is 6.61 Å². The summed E-state index contributed by atoms with van der Waals surface area (Å²) in [7, 11) is 0.489. The zero-order chi connectivity index (χ0) is 12.4. The summed E-state index contributed by atoms with van der Waals surface area (Å²) in [5.41, 5.74) is 0. The second-order valence-corrected chi connectivity index (χ2v) is 5.54. The van der Waals surface area contributed by atoms with Crippen LogP contribution in [0.15, 0.2) is 0 Å². The van der Waals surface area contributed by atoms with E-state index in [2.05, 4.69) is 38.3 Å². The molecule has 0 aliphatic rings. The van der Waals surface area contributed by atoms with Crippen LogP contribution in [0.25, 0.3) is 0 Å². The van der Waals surface area contributed by atoms with E-state index in [0.717, 1.165) is 25.9 Å². The summed E-state index contributed by atoms with van der Waals surface area (Å²) in [4.78, 5) is 0. The normalized spacial score (nSPS) is 12.1. The predicted octanol–water partition coefficient (Wildman–Crippen LogP) is 3.82. The monoisotopic (exact) mass is 243 g/mol. The SMILES string of the molecule is C#CCCCCCOPN(C(C)C)C(C)C. The van der Waals surface area contributed by atoms with E-state index in [9.17, 15) is 0 Å². The zero-order valence-corrected chi connectivity index (χ0v) is 12.1. The number of hydrogen-bond donors (Lipinski definition) is 0. The van der Waals surface area contributed by atoms with E-state index >= 15 is 0 Å². The van der Waals surface area contributed by atoms with Gasteiger partial charge in [0.25, 0.3) is 0 Å². The topological polar surface area (TPSA) is 12.5 Å². The summed E-state index contributed by atoms with van der Waals surface area (Å²) in [5.74, 6) is 2.66. The van der Waals surface area contributed by atoms with Crippen molar-refractivity contribution in [3.8, 4) is 12.3 Å². The first-order chi connectivity index (χ1) is 7.59. The van der Waals surface area contributed by atoms with Gasteiger partial charge in [-0.2, -0.15) is 0 Å². The number of unbranched alkanes of at least 4 members (excludes halogenated alkanes) is 3. The third kappa shape index (κ3) is 8.11. The zero-order valence-electron chi connectivity index (χ0n) is 11.1. The molecule has 0 aromatic rings. The Hall–Kier alpha value is -0.0900. The van der Waals surface area contributed by atoms with Crippen molar-refractivity contribution < 1.29 is 4.52 Å². The van der Waals surface area contributed by atoms with Crippen molar-refractivity contribution in [1.82, 2.24) is 4.67 Å². The Bertz CT molecular complexity index is 191. The lowest BCUT2D eigenvalue weighted by molar-refractivity contribution is 0.263. The minimum absolute atomic E-state index is 0.489. The van der Waals surface area contributed by atoms with Gasteiger partial charge in [0.1, 0.15) is 0 Å².